The zero-order chi connectivity index (χ0) is 18.7. The highest BCUT2D eigenvalue weighted by Gasteiger charge is 2.12. The van der Waals surface area contributed by atoms with Crippen molar-refractivity contribution in [1.29, 1.82) is 0 Å². The van der Waals surface area contributed by atoms with Gasteiger partial charge in [0.25, 0.3) is 0 Å². The fourth-order valence-corrected chi connectivity index (χ4v) is 3.50. The number of rotatable bonds is 6. The molecule has 7 nitrogen and oxygen atoms in total. The molecule has 134 valence electrons. The van der Waals surface area contributed by atoms with Crippen molar-refractivity contribution >= 4 is 31.5 Å². The number of carbonyl (C=O) groups is 1. The Morgan fingerprint density at radius 2 is 1.44 bits per heavy atom. The lowest BCUT2D eigenvalue weighted by atomic mass is 10.1. The quantitative estimate of drug-likeness (QED) is 0.779. The zero-order valence-corrected chi connectivity index (χ0v) is 15.1. The van der Waals surface area contributed by atoms with Crippen LogP contribution in [-0.4, -0.2) is 28.5 Å². The highest BCUT2D eigenvalue weighted by atomic mass is 32.2. The van der Waals surface area contributed by atoms with Gasteiger partial charge in [-0.05, 0) is 42.0 Å². The first-order chi connectivity index (χ1) is 11.6. The number of amides is 1. The molecular weight excluding hydrogens is 364 g/mol. The van der Waals surface area contributed by atoms with Gasteiger partial charge >= 0.3 is 0 Å². The minimum Gasteiger partial charge on any atom is -0.326 e. The summed E-state index contributed by atoms with van der Waals surface area (Å²) in [7, 11) is -7.04. The van der Waals surface area contributed by atoms with Crippen LogP contribution in [0.4, 0.5) is 5.69 Å². The van der Waals surface area contributed by atoms with Gasteiger partial charge in [0.2, 0.25) is 15.9 Å². The molecule has 0 aliphatic carbocycles. The van der Waals surface area contributed by atoms with E-state index in [0.29, 0.717) is 11.3 Å². The Balaban J connectivity index is 2.03. The van der Waals surface area contributed by atoms with E-state index in [4.69, 9.17) is 5.14 Å². The summed E-state index contributed by atoms with van der Waals surface area (Å²) in [5.74, 6) is -0.295. The van der Waals surface area contributed by atoms with Crippen molar-refractivity contribution in [3.63, 3.8) is 0 Å². The van der Waals surface area contributed by atoms with E-state index in [2.05, 4.69) is 5.32 Å². The van der Waals surface area contributed by atoms with E-state index < -0.39 is 19.9 Å². The first-order valence-electron chi connectivity index (χ1n) is 7.36. The molecule has 0 unspecified atom stereocenters. The van der Waals surface area contributed by atoms with Gasteiger partial charge in [0.05, 0.1) is 22.0 Å². The summed E-state index contributed by atoms with van der Waals surface area (Å²) in [6.45, 7) is 1.57. The minimum atomic E-state index is -3.78. The molecule has 9 heteroatoms. The predicted molar refractivity (Wildman–Crippen MR) is 94.3 cm³/mol. The second kappa shape index (κ2) is 7.34. The third kappa shape index (κ3) is 5.12. The monoisotopic (exact) mass is 382 g/mol. The van der Waals surface area contributed by atoms with E-state index in [1.165, 1.54) is 36.4 Å². The first kappa shape index (κ1) is 19.1. The molecule has 0 spiro atoms. The van der Waals surface area contributed by atoms with Crippen LogP contribution >= 0.6 is 0 Å². The minimum absolute atomic E-state index is 0.0152. The molecule has 25 heavy (non-hydrogen) atoms. The molecule has 2 aromatic rings. The van der Waals surface area contributed by atoms with Gasteiger partial charge in [-0.15, -0.1) is 0 Å². The lowest BCUT2D eigenvalue weighted by molar-refractivity contribution is -0.115. The van der Waals surface area contributed by atoms with Crippen LogP contribution < -0.4 is 10.5 Å². The number of benzene rings is 2. The fraction of sp³-hybridized carbons (Fsp3) is 0.188. The Morgan fingerprint density at radius 1 is 0.920 bits per heavy atom. The summed E-state index contributed by atoms with van der Waals surface area (Å²) in [6, 6.07) is 11.6. The lowest BCUT2D eigenvalue weighted by Crippen LogP contribution is -2.15. The van der Waals surface area contributed by atoms with Crippen LogP contribution in [0.3, 0.4) is 0 Å². The van der Waals surface area contributed by atoms with Crippen LogP contribution in [0.5, 0.6) is 0 Å². The summed E-state index contributed by atoms with van der Waals surface area (Å²) < 4.78 is 45.8. The molecule has 0 aromatic heterocycles. The zero-order valence-electron chi connectivity index (χ0n) is 13.5. The predicted octanol–water partition coefficient (Wildman–Crippen LogP) is 1.31. The molecule has 0 saturated carbocycles. The molecule has 0 aliphatic heterocycles. The molecule has 0 atom stereocenters. The number of nitrogens with two attached hydrogens (primary N) is 1. The Hall–Kier alpha value is -2.23. The summed E-state index contributed by atoms with van der Waals surface area (Å²) in [5, 5.41) is 7.64. The first-order valence-corrected chi connectivity index (χ1v) is 10.6. The average molecular weight is 382 g/mol. The Kier molecular flexibility index (Phi) is 5.61. The summed E-state index contributed by atoms with van der Waals surface area (Å²) >= 11 is 0. The molecular formula is C16H18N2O5S2. The smallest absolute Gasteiger partial charge is 0.238 e. The largest absolute Gasteiger partial charge is 0.326 e. The Morgan fingerprint density at radius 3 is 1.92 bits per heavy atom. The third-order valence-electron chi connectivity index (χ3n) is 3.49. The molecule has 0 fully saturated rings. The van der Waals surface area contributed by atoms with Gasteiger partial charge in [-0.2, -0.15) is 0 Å². The van der Waals surface area contributed by atoms with Crippen molar-refractivity contribution in [1.82, 2.24) is 0 Å². The number of nitrogens with one attached hydrogen (secondary N) is 1. The average Bonchev–Trinajstić information content (AvgIpc) is 2.55. The molecule has 0 aliphatic rings. The van der Waals surface area contributed by atoms with Crippen molar-refractivity contribution in [3.8, 4) is 0 Å². The number of primary sulfonamides is 1. The standard InChI is InChI=1S/C16H18N2O5S2/c1-2-24(20,21)14-7-3-12(4-8-14)11-16(19)18-13-5-9-15(10-6-13)25(17,22)23/h3-10H,2,11H2,1H3,(H,18,19)(H2,17,22,23). The van der Waals surface area contributed by atoms with Crippen LogP contribution in [0.15, 0.2) is 58.3 Å². The van der Waals surface area contributed by atoms with Crippen molar-refractivity contribution in [2.75, 3.05) is 11.1 Å². The lowest BCUT2D eigenvalue weighted by Gasteiger charge is -2.07. The van der Waals surface area contributed by atoms with Gasteiger partial charge in [-0.1, -0.05) is 19.1 Å². The molecule has 3 N–H and O–H groups in total. The third-order valence-corrected chi connectivity index (χ3v) is 6.17. The van der Waals surface area contributed by atoms with E-state index in [1.807, 2.05) is 0 Å². The maximum atomic E-state index is 12.0. The van der Waals surface area contributed by atoms with E-state index in [9.17, 15) is 21.6 Å². The van der Waals surface area contributed by atoms with E-state index >= 15 is 0 Å². The summed E-state index contributed by atoms with van der Waals surface area (Å²) in [6.07, 6.45) is 0.0589. The fourth-order valence-electron chi connectivity index (χ4n) is 2.10. The number of sulfonamides is 1. The van der Waals surface area contributed by atoms with Gasteiger partial charge < -0.3 is 5.32 Å². The maximum Gasteiger partial charge on any atom is 0.238 e. The molecule has 0 heterocycles. The number of hydrogen-bond donors (Lipinski definition) is 2. The number of anilines is 1. The van der Waals surface area contributed by atoms with Crippen LogP contribution in [0, 0.1) is 0 Å². The highest BCUT2D eigenvalue weighted by Crippen LogP contribution is 2.15. The van der Waals surface area contributed by atoms with Gasteiger partial charge in [-0.25, -0.2) is 22.0 Å². The topological polar surface area (TPSA) is 123 Å². The number of sulfone groups is 1. The van der Waals surface area contributed by atoms with Crippen LogP contribution in [0.25, 0.3) is 0 Å². The van der Waals surface area contributed by atoms with Gasteiger partial charge in [0, 0.05) is 5.69 Å². The van der Waals surface area contributed by atoms with Crippen LogP contribution in [0.2, 0.25) is 0 Å². The van der Waals surface area contributed by atoms with Crippen molar-refractivity contribution in [2.24, 2.45) is 5.14 Å². The normalized spacial score (nSPS) is 11.9. The van der Waals surface area contributed by atoms with Crippen LogP contribution in [0.1, 0.15) is 12.5 Å². The maximum absolute atomic E-state index is 12.0. The summed E-state index contributed by atoms with van der Waals surface area (Å²) in [5.41, 5.74) is 1.09. The highest BCUT2D eigenvalue weighted by molar-refractivity contribution is 7.91. The van der Waals surface area contributed by atoms with E-state index in [-0.39, 0.29) is 27.9 Å². The SMILES string of the molecule is CCS(=O)(=O)c1ccc(CC(=O)Nc2ccc(S(N)(=O)=O)cc2)cc1. The Bertz CT molecular complexity index is 964. The van der Waals surface area contributed by atoms with Gasteiger partial charge in [-0.3, -0.25) is 4.79 Å². The molecule has 2 aromatic carbocycles. The van der Waals surface area contributed by atoms with Crippen molar-refractivity contribution in [3.05, 3.63) is 54.1 Å². The molecule has 0 bridgehead atoms. The second-order valence-electron chi connectivity index (χ2n) is 5.34. The van der Waals surface area contributed by atoms with Crippen LogP contribution in [-0.2, 0) is 31.1 Å². The van der Waals surface area contributed by atoms with E-state index in [0.717, 1.165) is 0 Å². The molecule has 2 rings (SSSR count). The van der Waals surface area contributed by atoms with Gasteiger partial charge in [0.1, 0.15) is 0 Å². The molecule has 1 amide bonds. The van der Waals surface area contributed by atoms with Gasteiger partial charge in [0.15, 0.2) is 9.84 Å². The number of hydrogen-bond acceptors (Lipinski definition) is 5. The van der Waals surface area contributed by atoms with Crippen molar-refractivity contribution < 1.29 is 21.6 Å². The summed E-state index contributed by atoms with van der Waals surface area (Å²) in [4.78, 5) is 12.2. The molecule has 0 saturated heterocycles. The second-order valence-corrected chi connectivity index (χ2v) is 9.18. The van der Waals surface area contributed by atoms with E-state index in [1.54, 1.807) is 19.1 Å². The number of carbonyl (C=O) groups excluding carboxylic acids is 1. The molecule has 0 radical (unpaired) electrons. The van der Waals surface area contributed by atoms with Crippen molar-refractivity contribution in [2.45, 2.75) is 23.1 Å². The Labute approximate surface area is 146 Å².